The van der Waals surface area contributed by atoms with E-state index >= 15 is 0 Å². The van der Waals surface area contributed by atoms with Crippen molar-refractivity contribution in [3.63, 3.8) is 0 Å². The van der Waals surface area contributed by atoms with Gasteiger partial charge in [0.2, 0.25) is 0 Å². The summed E-state index contributed by atoms with van der Waals surface area (Å²) in [4.78, 5) is 20.1. The van der Waals surface area contributed by atoms with Gasteiger partial charge in [0.15, 0.2) is 23.1 Å². The van der Waals surface area contributed by atoms with Crippen molar-refractivity contribution in [1.82, 2.24) is 19.9 Å². The highest BCUT2D eigenvalue weighted by molar-refractivity contribution is 6.27. The normalized spacial score (nSPS) is 11.5. The first-order valence-electron chi connectivity index (χ1n) is 17.0. The summed E-state index contributed by atoms with van der Waals surface area (Å²) in [7, 11) is 0. The van der Waals surface area contributed by atoms with Crippen LogP contribution in [0.3, 0.4) is 0 Å². The maximum atomic E-state index is 6.58. The maximum Gasteiger partial charge on any atom is 0.164 e. The number of rotatable bonds is 5. The minimum atomic E-state index is 0.601. The van der Waals surface area contributed by atoms with Crippen molar-refractivity contribution in [2.75, 3.05) is 0 Å². The summed E-state index contributed by atoms with van der Waals surface area (Å²) in [5.41, 5.74) is 9.35. The second kappa shape index (κ2) is 11.9. The van der Waals surface area contributed by atoms with Gasteiger partial charge in [0.05, 0.1) is 5.52 Å². The van der Waals surface area contributed by atoms with Gasteiger partial charge in [-0.1, -0.05) is 158 Å². The Hall–Kier alpha value is -6.98. The molecule has 0 amide bonds. The Labute approximate surface area is 293 Å². The minimum Gasteiger partial charge on any atom is -0.454 e. The van der Waals surface area contributed by atoms with Crippen LogP contribution in [0.1, 0.15) is 0 Å². The molecule has 5 heteroatoms. The fourth-order valence-corrected chi connectivity index (χ4v) is 7.01. The van der Waals surface area contributed by atoms with Gasteiger partial charge < -0.3 is 4.42 Å². The monoisotopic (exact) mass is 652 g/mol. The average Bonchev–Trinajstić information content (AvgIpc) is 3.61. The molecule has 0 bridgehead atoms. The third kappa shape index (κ3) is 5.03. The minimum absolute atomic E-state index is 0.601. The van der Waals surface area contributed by atoms with Crippen LogP contribution >= 0.6 is 0 Å². The van der Waals surface area contributed by atoms with Crippen LogP contribution in [-0.2, 0) is 0 Å². The van der Waals surface area contributed by atoms with Crippen molar-refractivity contribution < 1.29 is 4.42 Å². The first-order valence-corrected chi connectivity index (χ1v) is 17.0. The molecule has 10 rings (SSSR count). The molecule has 5 nitrogen and oxygen atoms in total. The van der Waals surface area contributed by atoms with E-state index in [2.05, 4.69) is 121 Å². The number of fused-ring (bicyclic) bond motifs is 7. The first-order chi connectivity index (χ1) is 25.3. The molecular weight excluding hydrogens is 625 g/mol. The van der Waals surface area contributed by atoms with E-state index in [9.17, 15) is 0 Å². The van der Waals surface area contributed by atoms with Crippen LogP contribution < -0.4 is 0 Å². The van der Waals surface area contributed by atoms with Gasteiger partial charge in [0.1, 0.15) is 11.3 Å². The molecule has 3 aromatic heterocycles. The van der Waals surface area contributed by atoms with Crippen molar-refractivity contribution >= 4 is 43.6 Å². The Bertz CT molecular complexity index is 2880. The lowest BCUT2D eigenvalue weighted by molar-refractivity contribution is 0.669. The SMILES string of the molecule is c1ccc(-c2ccc(-c3nc(-c4ccccc4)nc(-c4ccc(-c5nc6ccc7ccccc7c6c6c5oc5ccccc56)cc4)n3)cc2)cc1. The topological polar surface area (TPSA) is 64.7 Å². The number of para-hydroxylation sites is 1. The van der Waals surface area contributed by atoms with Crippen molar-refractivity contribution in [2.45, 2.75) is 0 Å². The lowest BCUT2D eigenvalue weighted by Crippen LogP contribution is -2.00. The van der Waals surface area contributed by atoms with Crippen molar-refractivity contribution in [2.24, 2.45) is 0 Å². The average molecular weight is 653 g/mol. The van der Waals surface area contributed by atoms with Gasteiger partial charge in [-0.2, -0.15) is 0 Å². The molecule has 10 aromatic rings. The van der Waals surface area contributed by atoms with Crippen LogP contribution in [-0.4, -0.2) is 19.9 Å². The van der Waals surface area contributed by atoms with E-state index in [0.29, 0.717) is 17.5 Å². The molecule has 0 N–H and O–H groups in total. The number of nitrogens with zero attached hydrogens (tertiary/aromatic N) is 4. The number of pyridine rings is 1. The van der Waals surface area contributed by atoms with Gasteiger partial charge in [0, 0.05) is 38.4 Å². The van der Waals surface area contributed by atoms with E-state index in [1.807, 2.05) is 48.5 Å². The fourth-order valence-electron chi connectivity index (χ4n) is 7.01. The van der Waals surface area contributed by atoms with Gasteiger partial charge in [-0.3, -0.25) is 0 Å². The molecule has 0 radical (unpaired) electrons. The summed E-state index contributed by atoms with van der Waals surface area (Å²) >= 11 is 0. The number of furan rings is 1. The molecule has 0 atom stereocenters. The quantitative estimate of drug-likeness (QED) is 0.173. The summed E-state index contributed by atoms with van der Waals surface area (Å²) in [6, 6.07) is 58.0. The summed E-state index contributed by atoms with van der Waals surface area (Å²) in [6.45, 7) is 0. The van der Waals surface area contributed by atoms with Crippen molar-refractivity contribution in [3.05, 3.63) is 170 Å². The van der Waals surface area contributed by atoms with Crippen LogP contribution in [0.5, 0.6) is 0 Å². The van der Waals surface area contributed by atoms with Gasteiger partial charge in [0.25, 0.3) is 0 Å². The third-order valence-electron chi connectivity index (χ3n) is 9.53. The van der Waals surface area contributed by atoms with Gasteiger partial charge in [-0.15, -0.1) is 0 Å². The summed E-state index contributed by atoms with van der Waals surface area (Å²) in [5, 5.41) is 5.61. The number of hydrogen-bond acceptors (Lipinski definition) is 5. The van der Waals surface area contributed by atoms with Crippen LogP contribution in [0.2, 0.25) is 0 Å². The number of hydrogen-bond donors (Lipinski definition) is 0. The Morgan fingerprint density at radius 2 is 0.824 bits per heavy atom. The zero-order chi connectivity index (χ0) is 33.7. The molecule has 238 valence electrons. The molecule has 0 aliphatic carbocycles. The van der Waals surface area contributed by atoms with E-state index in [1.165, 1.54) is 10.9 Å². The molecular formula is C46H28N4O. The third-order valence-corrected chi connectivity index (χ3v) is 9.53. The van der Waals surface area contributed by atoms with E-state index in [4.69, 9.17) is 24.4 Å². The van der Waals surface area contributed by atoms with Crippen LogP contribution in [0.25, 0.3) is 100 Å². The van der Waals surface area contributed by atoms with Crippen LogP contribution in [0.15, 0.2) is 174 Å². The number of aromatic nitrogens is 4. The molecule has 0 fully saturated rings. The molecule has 7 aromatic carbocycles. The van der Waals surface area contributed by atoms with Gasteiger partial charge in [-0.05, 0) is 34.0 Å². The molecule has 0 saturated heterocycles. The highest BCUT2D eigenvalue weighted by Crippen LogP contribution is 2.42. The lowest BCUT2D eigenvalue weighted by atomic mass is 9.98. The Morgan fingerprint density at radius 3 is 1.49 bits per heavy atom. The molecule has 0 aliphatic rings. The van der Waals surface area contributed by atoms with E-state index in [0.717, 1.165) is 71.7 Å². The first kappa shape index (κ1) is 29.0. The molecule has 51 heavy (non-hydrogen) atoms. The van der Waals surface area contributed by atoms with Crippen LogP contribution in [0.4, 0.5) is 0 Å². The highest BCUT2D eigenvalue weighted by atomic mass is 16.3. The van der Waals surface area contributed by atoms with Gasteiger partial charge in [-0.25, -0.2) is 19.9 Å². The molecule has 0 aliphatic heterocycles. The summed E-state index contributed by atoms with van der Waals surface area (Å²) < 4.78 is 6.58. The van der Waals surface area contributed by atoms with Crippen molar-refractivity contribution in [1.29, 1.82) is 0 Å². The predicted octanol–water partition coefficient (Wildman–Crippen LogP) is 11.8. The molecule has 0 unspecified atom stereocenters. The predicted molar refractivity (Wildman–Crippen MR) is 207 cm³/mol. The highest BCUT2D eigenvalue weighted by Gasteiger charge is 2.20. The Balaban J connectivity index is 1.10. The van der Waals surface area contributed by atoms with Gasteiger partial charge >= 0.3 is 0 Å². The Morgan fingerprint density at radius 1 is 0.333 bits per heavy atom. The largest absolute Gasteiger partial charge is 0.454 e. The van der Waals surface area contributed by atoms with E-state index in [-0.39, 0.29) is 0 Å². The second-order valence-electron chi connectivity index (χ2n) is 12.6. The summed E-state index contributed by atoms with van der Waals surface area (Å²) in [6.07, 6.45) is 0. The molecule has 3 heterocycles. The van der Waals surface area contributed by atoms with E-state index in [1.54, 1.807) is 0 Å². The smallest absolute Gasteiger partial charge is 0.164 e. The zero-order valence-corrected chi connectivity index (χ0v) is 27.4. The van der Waals surface area contributed by atoms with Crippen molar-refractivity contribution in [3.8, 4) is 56.5 Å². The standard InChI is InChI=1S/C46H28N4O/c1-3-11-29(12-4-1)30-19-23-34(24-20-30)45-48-44(33-14-5-2-6-15-33)49-46(50-45)35-25-21-32(22-26-35)42-43-41(37-17-9-10-18-39(37)51-43)40-36-16-8-7-13-31(36)27-28-38(40)47-42/h1-28H. The van der Waals surface area contributed by atoms with E-state index < -0.39 is 0 Å². The zero-order valence-electron chi connectivity index (χ0n) is 27.4. The number of benzene rings is 7. The maximum absolute atomic E-state index is 6.58. The second-order valence-corrected chi connectivity index (χ2v) is 12.6. The fraction of sp³-hybridized carbons (Fsp3) is 0. The molecule has 0 saturated carbocycles. The van der Waals surface area contributed by atoms with Crippen LogP contribution in [0, 0.1) is 0 Å². The summed E-state index contributed by atoms with van der Waals surface area (Å²) in [5.74, 6) is 1.85. The lowest BCUT2D eigenvalue weighted by Gasteiger charge is -2.11. The Kier molecular flexibility index (Phi) is 6.74. The molecule has 0 spiro atoms.